The largest absolute Gasteiger partial charge is 0.289 e. The minimum Gasteiger partial charge on any atom is -0.289 e. The van der Waals surface area contributed by atoms with Crippen molar-refractivity contribution in [1.82, 2.24) is 14.6 Å². The summed E-state index contributed by atoms with van der Waals surface area (Å²) in [6.07, 6.45) is 0. The van der Waals surface area contributed by atoms with E-state index in [9.17, 15) is 4.79 Å². The quantitative estimate of drug-likeness (QED) is 0.314. The van der Waals surface area contributed by atoms with Gasteiger partial charge in [-0.05, 0) is 30.3 Å². The molecule has 0 aliphatic rings. The van der Waals surface area contributed by atoms with E-state index in [2.05, 4.69) is 15.4 Å². The Morgan fingerprint density at radius 1 is 1.00 bits per heavy atom. The molecule has 0 radical (unpaired) electrons. The summed E-state index contributed by atoms with van der Waals surface area (Å²) in [6, 6.07) is 8.16. The molecule has 0 saturated carbocycles. The van der Waals surface area contributed by atoms with Gasteiger partial charge in [-0.15, -0.1) is 16.4 Å². The highest BCUT2D eigenvalue weighted by molar-refractivity contribution is 7.15. The van der Waals surface area contributed by atoms with Gasteiger partial charge in [0, 0.05) is 16.0 Å². The van der Waals surface area contributed by atoms with E-state index in [1.54, 1.807) is 22.7 Å². The summed E-state index contributed by atoms with van der Waals surface area (Å²) in [5.41, 5.74) is 1.50. The number of amides is 1. The number of benzene rings is 2. The van der Waals surface area contributed by atoms with E-state index in [1.807, 2.05) is 5.38 Å². The number of hydrogen-bond donors (Lipinski definition) is 1. The second kappa shape index (κ2) is 7.71. The number of thiazole rings is 1. The number of aromatic nitrogens is 3. The van der Waals surface area contributed by atoms with Crippen LogP contribution in [0, 0.1) is 0 Å². The van der Waals surface area contributed by atoms with Gasteiger partial charge < -0.3 is 0 Å². The number of halogens is 5. The number of rotatable bonds is 3. The first kappa shape index (κ1) is 19.8. The minimum absolute atomic E-state index is 0.0509. The van der Waals surface area contributed by atoms with Crippen molar-refractivity contribution in [2.75, 3.05) is 5.32 Å². The van der Waals surface area contributed by atoms with Crippen molar-refractivity contribution in [1.29, 1.82) is 0 Å². The zero-order valence-corrected chi connectivity index (χ0v) is 18.1. The minimum atomic E-state index is -0.568. The van der Waals surface area contributed by atoms with Gasteiger partial charge in [0.2, 0.25) is 4.96 Å². The van der Waals surface area contributed by atoms with Crippen LogP contribution in [0.3, 0.4) is 0 Å². The second-order valence-electron chi connectivity index (χ2n) is 5.55. The molecule has 0 unspecified atom stereocenters. The van der Waals surface area contributed by atoms with Crippen molar-refractivity contribution < 1.29 is 4.79 Å². The van der Waals surface area contributed by atoms with E-state index < -0.39 is 5.91 Å². The van der Waals surface area contributed by atoms with Gasteiger partial charge in [-0.25, -0.2) is 4.52 Å². The van der Waals surface area contributed by atoms with Crippen LogP contribution in [0.25, 0.3) is 16.2 Å². The van der Waals surface area contributed by atoms with Crippen LogP contribution in [0.5, 0.6) is 0 Å². The lowest BCUT2D eigenvalue weighted by Gasteiger charge is -2.07. The van der Waals surface area contributed by atoms with Gasteiger partial charge in [0.15, 0.2) is 0 Å². The van der Waals surface area contributed by atoms with Crippen molar-refractivity contribution in [3.63, 3.8) is 0 Å². The third kappa shape index (κ3) is 3.56. The van der Waals surface area contributed by atoms with Crippen molar-refractivity contribution >= 4 is 86.2 Å². The van der Waals surface area contributed by atoms with E-state index in [-0.39, 0.29) is 26.6 Å². The third-order valence-electron chi connectivity index (χ3n) is 3.79. The molecule has 4 aromatic rings. The number of carbonyl (C=O) groups is 1. The number of nitrogens with one attached hydrogen (secondary N) is 1. The first-order chi connectivity index (χ1) is 13.3. The molecule has 4 rings (SSSR count). The molecule has 2 aromatic heterocycles. The van der Waals surface area contributed by atoms with Crippen LogP contribution in [-0.2, 0) is 0 Å². The summed E-state index contributed by atoms with van der Waals surface area (Å²) in [6.45, 7) is 0. The average molecular weight is 493 g/mol. The number of anilines is 1. The predicted octanol–water partition coefficient (Wildman–Crippen LogP) is 6.98. The maximum Gasteiger partial charge on any atom is 0.261 e. The summed E-state index contributed by atoms with van der Waals surface area (Å²) in [5.74, 6) is -0.475. The highest BCUT2D eigenvalue weighted by atomic mass is 35.5. The highest BCUT2D eigenvalue weighted by Crippen LogP contribution is 2.34. The standard InChI is InChI=1S/C17H7Cl5N4OS/c18-7-1-2-8(11(21)5-7)12-6-28-17-24-16(25-26(12)17)23-15(27)13-9(19)3-4-10(20)14(13)22/h1-6H,(H,23,25,27). The van der Waals surface area contributed by atoms with Gasteiger partial charge in [-0.2, -0.15) is 4.98 Å². The normalized spacial score (nSPS) is 11.2. The molecular formula is C17H7Cl5N4OS. The fourth-order valence-electron chi connectivity index (χ4n) is 2.52. The van der Waals surface area contributed by atoms with E-state index in [4.69, 9.17) is 58.0 Å². The number of hydrogen-bond acceptors (Lipinski definition) is 4. The SMILES string of the molecule is O=C(Nc1nc2scc(-c3ccc(Cl)cc3Cl)n2n1)c1c(Cl)ccc(Cl)c1Cl. The molecular weight excluding hydrogens is 486 g/mol. The molecule has 0 spiro atoms. The van der Waals surface area contributed by atoms with Crippen LogP contribution in [0.1, 0.15) is 10.4 Å². The average Bonchev–Trinajstić information content (AvgIpc) is 3.19. The molecule has 1 amide bonds. The van der Waals surface area contributed by atoms with Gasteiger partial charge in [-0.1, -0.05) is 58.0 Å². The van der Waals surface area contributed by atoms with Gasteiger partial charge in [0.25, 0.3) is 11.9 Å². The molecule has 0 atom stereocenters. The van der Waals surface area contributed by atoms with Crippen LogP contribution >= 0.6 is 69.3 Å². The smallest absolute Gasteiger partial charge is 0.261 e. The highest BCUT2D eigenvalue weighted by Gasteiger charge is 2.20. The Balaban J connectivity index is 1.69. The zero-order chi connectivity index (χ0) is 20.0. The van der Waals surface area contributed by atoms with E-state index >= 15 is 0 Å². The fourth-order valence-corrected chi connectivity index (χ4v) is 4.54. The third-order valence-corrected chi connectivity index (χ3v) is 6.27. The Labute approximate surface area is 187 Å². The first-order valence-corrected chi connectivity index (χ1v) is 10.4. The molecule has 0 bridgehead atoms. The predicted molar refractivity (Wildman–Crippen MR) is 116 cm³/mol. The molecule has 0 aliphatic carbocycles. The molecule has 28 heavy (non-hydrogen) atoms. The molecule has 1 N–H and O–H groups in total. The Bertz CT molecular complexity index is 1240. The van der Waals surface area contributed by atoms with Gasteiger partial charge in [0.1, 0.15) is 0 Å². The van der Waals surface area contributed by atoms with Crippen molar-refractivity contribution in [2.45, 2.75) is 0 Å². The van der Waals surface area contributed by atoms with Crippen molar-refractivity contribution in [3.8, 4) is 11.3 Å². The maximum absolute atomic E-state index is 12.6. The lowest BCUT2D eigenvalue weighted by molar-refractivity contribution is 0.102. The summed E-state index contributed by atoms with van der Waals surface area (Å²) in [7, 11) is 0. The molecule has 142 valence electrons. The summed E-state index contributed by atoms with van der Waals surface area (Å²) in [4.78, 5) is 17.5. The van der Waals surface area contributed by atoms with Crippen LogP contribution in [0.15, 0.2) is 35.7 Å². The summed E-state index contributed by atoms with van der Waals surface area (Å²) >= 11 is 31.8. The molecule has 0 saturated heterocycles. The van der Waals surface area contributed by atoms with Crippen LogP contribution in [0.4, 0.5) is 5.95 Å². The van der Waals surface area contributed by atoms with Crippen molar-refractivity contribution in [3.05, 3.63) is 66.4 Å². The number of carbonyl (C=O) groups excluding carboxylic acids is 1. The Morgan fingerprint density at radius 2 is 1.75 bits per heavy atom. The lowest BCUT2D eigenvalue weighted by Crippen LogP contribution is -2.14. The molecule has 2 aromatic carbocycles. The lowest BCUT2D eigenvalue weighted by atomic mass is 10.2. The fraction of sp³-hybridized carbons (Fsp3) is 0. The van der Waals surface area contributed by atoms with Gasteiger partial charge in [0.05, 0.1) is 31.3 Å². The van der Waals surface area contributed by atoms with Gasteiger partial charge in [-0.3, -0.25) is 10.1 Å². The topological polar surface area (TPSA) is 59.3 Å². The Morgan fingerprint density at radius 3 is 2.50 bits per heavy atom. The Hall–Kier alpha value is -1.54. The monoisotopic (exact) mass is 490 g/mol. The molecule has 0 aliphatic heterocycles. The summed E-state index contributed by atoms with van der Waals surface area (Å²) < 4.78 is 1.58. The van der Waals surface area contributed by atoms with E-state index in [0.29, 0.717) is 20.7 Å². The summed E-state index contributed by atoms with van der Waals surface area (Å²) in [5, 5.41) is 10.2. The Kier molecular flexibility index (Phi) is 5.44. The van der Waals surface area contributed by atoms with Gasteiger partial charge >= 0.3 is 0 Å². The van der Waals surface area contributed by atoms with E-state index in [1.165, 1.54) is 23.5 Å². The number of fused-ring (bicyclic) bond motifs is 1. The first-order valence-electron chi connectivity index (χ1n) is 7.59. The molecule has 5 nitrogen and oxygen atoms in total. The van der Waals surface area contributed by atoms with Crippen LogP contribution in [0.2, 0.25) is 25.1 Å². The van der Waals surface area contributed by atoms with Crippen LogP contribution < -0.4 is 5.32 Å². The van der Waals surface area contributed by atoms with Crippen LogP contribution in [-0.4, -0.2) is 20.5 Å². The van der Waals surface area contributed by atoms with E-state index in [0.717, 1.165) is 5.56 Å². The zero-order valence-electron chi connectivity index (χ0n) is 13.5. The second-order valence-corrected chi connectivity index (χ2v) is 8.42. The molecule has 0 fully saturated rings. The number of nitrogens with zero attached hydrogens (tertiary/aromatic N) is 3. The molecule has 11 heteroatoms. The molecule has 2 heterocycles. The maximum atomic E-state index is 12.6. The van der Waals surface area contributed by atoms with Crippen molar-refractivity contribution in [2.24, 2.45) is 0 Å².